The molecule has 1 saturated heterocycles. The van der Waals surface area contributed by atoms with Crippen molar-refractivity contribution in [3.63, 3.8) is 0 Å². The number of hydrogen-bond donors (Lipinski definition) is 0. The first kappa shape index (κ1) is 22.7. The van der Waals surface area contributed by atoms with Gasteiger partial charge in [-0.25, -0.2) is 4.79 Å². The average molecular weight is 441 g/mol. The summed E-state index contributed by atoms with van der Waals surface area (Å²) in [5.74, 6) is 2.16. The van der Waals surface area contributed by atoms with Gasteiger partial charge >= 0.3 is 6.09 Å². The molecule has 1 saturated carbocycles. The van der Waals surface area contributed by atoms with Crippen LogP contribution in [0.3, 0.4) is 0 Å². The third-order valence-corrected chi connectivity index (χ3v) is 6.27. The highest BCUT2D eigenvalue weighted by Crippen LogP contribution is 2.35. The number of likely N-dealkylation sites (tertiary alicyclic amines) is 1. The Balaban J connectivity index is 1.36. The molecule has 1 aromatic heterocycles. The number of carbonyl (C=O) groups excluding carboxylic acids is 1. The minimum atomic E-state index is -0.448. The van der Waals surface area contributed by atoms with Crippen LogP contribution < -0.4 is 4.74 Å². The number of rotatable bonds is 7. The lowest BCUT2D eigenvalue weighted by Crippen LogP contribution is -2.41. The van der Waals surface area contributed by atoms with E-state index in [1.54, 1.807) is 0 Å². The van der Waals surface area contributed by atoms with Crippen molar-refractivity contribution in [2.75, 3.05) is 19.7 Å². The molecule has 6 heteroatoms. The highest BCUT2D eigenvalue weighted by Gasteiger charge is 2.27. The maximum Gasteiger partial charge on any atom is 0.410 e. The first-order valence-corrected chi connectivity index (χ1v) is 12.0. The number of fused-ring (bicyclic) bond motifs is 1. The normalized spacial score (nSPS) is 17.9. The third kappa shape index (κ3) is 5.64. The molecular formula is C26H36N2O4. The first-order valence-electron chi connectivity index (χ1n) is 12.0. The number of aryl methyl sites for hydroxylation is 1. The van der Waals surface area contributed by atoms with Crippen LogP contribution in [0, 0.1) is 11.8 Å². The Hall–Kier alpha value is -2.50. The number of aromatic nitrogens is 1. The number of piperidine rings is 1. The molecule has 174 valence electrons. The summed E-state index contributed by atoms with van der Waals surface area (Å²) in [6.45, 7) is 10.0. The fourth-order valence-electron chi connectivity index (χ4n) is 4.25. The van der Waals surface area contributed by atoms with Crippen LogP contribution in [0.25, 0.3) is 17.0 Å². The van der Waals surface area contributed by atoms with E-state index in [0.29, 0.717) is 11.8 Å². The van der Waals surface area contributed by atoms with Crippen LogP contribution >= 0.6 is 0 Å². The van der Waals surface area contributed by atoms with Gasteiger partial charge in [0.2, 0.25) is 0 Å². The first-order chi connectivity index (χ1) is 15.3. The molecule has 0 atom stereocenters. The van der Waals surface area contributed by atoms with Gasteiger partial charge in [0.25, 0.3) is 0 Å². The third-order valence-electron chi connectivity index (χ3n) is 6.27. The zero-order chi connectivity index (χ0) is 22.7. The van der Waals surface area contributed by atoms with Crippen molar-refractivity contribution in [3.05, 3.63) is 29.5 Å². The molecule has 32 heavy (non-hydrogen) atoms. The fourth-order valence-corrected chi connectivity index (χ4v) is 4.25. The predicted molar refractivity (Wildman–Crippen MR) is 126 cm³/mol. The van der Waals surface area contributed by atoms with Gasteiger partial charge in [-0.3, -0.25) is 0 Å². The van der Waals surface area contributed by atoms with E-state index in [-0.39, 0.29) is 6.09 Å². The van der Waals surface area contributed by atoms with Crippen molar-refractivity contribution < 1.29 is 18.8 Å². The van der Waals surface area contributed by atoms with Crippen molar-refractivity contribution in [3.8, 4) is 5.75 Å². The van der Waals surface area contributed by atoms with Gasteiger partial charge in [-0.05, 0) is 90.2 Å². The van der Waals surface area contributed by atoms with E-state index in [4.69, 9.17) is 14.0 Å². The van der Waals surface area contributed by atoms with Crippen LogP contribution in [-0.4, -0.2) is 41.4 Å². The van der Waals surface area contributed by atoms with Crippen molar-refractivity contribution in [1.82, 2.24) is 10.1 Å². The summed E-state index contributed by atoms with van der Waals surface area (Å²) in [4.78, 5) is 14.1. The van der Waals surface area contributed by atoms with Crippen molar-refractivity contribution in [1.29, 1.82) is 0 Å². The Kier molecular flexibility index (Phi) is 6.77. The van der Waals surface area contributed by atoms with Crippen molar-refractivity contribution in [2.45, 2.75) is 71.8 Å². The molecule has 2 fully saturated rings. The molecule has 0 radical (unpaired) electrons. The van der Waals surface area contributed by atoms with E-state index in [0.717, 1.165) is 73.4 Å². The van der Waals surface area contributed by atoms with E-state index in [1.807, 2.05) is 44.7 Å². The summed E-state index contributed by atoms with van der Waals surface area (Å²) in [5, 5.41) is 5.48. The molecule has 2 aromatic rings. The van der Waals surface area contributed by atoms with Gasteiger partial charge in [0.15, 0.2) is 5.58 Å². The molecule has 0 N–H and O–H groups in total. The molecule has 4 rings (SSSR count). The number of benzene rings is 1. The van der Waals surface area contributed by atoms with Crippen LogP contribution in [0.1, 0.15) is 71.1 Å². The number of amides is 1. The average Bonchev–Trinajstić information content (AvgIpc) is 3.49. The van der Waals surface area contributed by atoms with Gasteiger partial charge < -0.3 is 18.9 Å². The standard InChI is InChI=1S/C26H36N2O4/c1-5-6-21-23(30-17-19-7-8-19)12-10-20-22(27-32-24(20)21)11-9-18-13-15-28(16-14-18)25(29)31-26(2,3)4/h5-6,10,12,18-19H,7-9,11,13-17H2,1-4H3. The molecule has 1 aliphatic heterocycles. The summed E-state index contributed by atoms with van der Waals surface area (Å²) in [6, 6.07) is 4.14. The molecule has 2 heterocycles. The quantitative estimate of drug-likeness (QED) is 0.511. The zero-order valence-electron chi connectivity index (χ0n) is 19.9. The lowest BCUT2D eigenvalue weighted by molar-refractivity contribution is 0.0181. The second-order valence-corrected chi connectivity index (χ2v) is 10.2. The number of ether oxygens (including phenoxy) is 2. The minimum Gasteiger partial charge on any atom is -0.493 e. The van der Waals surface area contributed by atoms with Gasteiger partial charge in [0.1, 0.15) is 11.4 Å². The summed E-state index contributed by atoms with van der Waals surface area (Å²) in [7, 11) is 0. The Bertz CT molecular complexity index is 960. The summed E-state index contributed by atoms with van der Waals surface area (Å²) in [6.07, 6.45) is 10.3. The van der Waals surface area contributed by atoms with Crippen LogP contribution in [0.5, 0.6) is 5.75 Å². The Morgan fingerprint density at radius 2 is 1.94 bits per heavy atom. The van der Waals surface area contributed by atoms with Crippen molar-refractivity contribution >= 4 is 23.1 Å². The van der Waals surface area contributed by atoms with Gasteiger partial charge in [-0.1, -0.05) is 17.3 Å². The van der Waals surface area contributed by atoms with E-state index in [9.17, 15) is 4.79 Å². The summed E-state index contributed by atoms with van der Waals surface area (Å²) >= 11 is 0. The van der Waals surface area contributed by atoms with Crippen molar-refractivity contribution in [2.24, 2.45) is 11.8 Å². The van der Waals surface area contributed by atoms with Crippen LogP contribution in [-0.2, 0) is 11.2 Å². The highest BCUT2D eigenvalue weighted by molar-refractivity contribution is 5.90. The molecule has 0 unspecified atom stereocenters. The zero-order valence-corrected chi connectivity index (χ0v) is 19.9. The molecule has 1 aromatic carbocycles. The molecular weight excluding hydrogens is 404 g/mol. The van der Waals surface area contributed by atoms with E-state index >= 15 is 0 Å². The smallest absolute Gasteiger partial charge is 0.410 e. The maximum absolute atomic E-state index is 12.3. The maximum atomic E-state index is 12.3. The van der Waals surface area contributed by atoms with Gasteiger partial charge in [-0.15, -0.1) is 0 Å². The Morgan fingerprint density at radius 3 is 2.59 bits per heavy atom. The van der Waals surface area contributed by atoms with Gasteiger partial charge in [0.05, 0.1) is 17.9 Å². The van der Waals surface area contributed by atoms with Crippen LogP contribution in [0.2, 0.25) is 0 Å². The molecule has 0 bridgehead atoms. The Labute approximate surface area is 190 Å². The number of hydrogen-bond acceptors (Lipinski definition) is 5. The summed E-state index contributed by atoms with van der Waals surface area (Å²) < 4.78 is 17.3. The second-order valence-electron chi connectivity index (χ2n) is 10.2. The number of nitrogens with zero attached hydrogens (tertiary/aromatic N) is 2. The topological polar surface area (TPSA) is 64.8 Å². The molecule has 6 nitrogen and oxygen atoms in total. The van der Waals surface area contributed by atoms with Crippen LogP contribution in [0.4, 0.5) is 4.79 Å². The second kappa shape index (κ2) is 9.55. The lowest BCUT2D eigenvalue weighted by atomic mass is 9.91. The van der Waals surface area contributed by atoms with E-state index in [2.05, 4.69) is 17.3 Å². The van der Waals surface area contributed by atoms with E-state index < -0.39 is 5.60 Å². The molecule has 1 aliphatic carbocycles. The van der Waals surface area contributed by atoms with E-state index in [1.165, 1.54) is 12.8 Å². The lowest BCUT2D eigenvalue weighted by Gasteiger charge is -2.33. The summed E-state index contributed by atoms with van der Waals surface area (Å²) in [5.41, 5.74) is 2.35. The largest absolute Gasteiger partial charge is 0.493 e. The number of allylic oxidation sites excluding steroid dienone is 1. The van der Waals surface area contributed by atoms with Crippen LogP contribution in [0.15, 0.2) is 22.7 Å². The SMILES string of the molecule is CC=Cc1c(OCC2CC2)ccc2c(CCC3CCN(C(=O)OC(C)(C)C)CC3)noc12. The van der Waals surface area contributed by atoms with Gasteiger partial charge in [0, 0.05) is 18.5 Å². The molecule has 0 spiro atoms. The Morgan fingerprint density at radius 1 is 1.19 bits per heavy atom. The fraction of sp³-hybridized carbons (Fsp3) is 0.615. The predicted octanol–water partition coefficient (Wildman–Crippen LogP) is 6.23. The molecule has 2 aliphatic rings. The monoisotopic (exact) mass is 440 g/mol. The van der Waals surface area contributed by atoms with Gasteiger partial charge in [-0.2, -0.15) is 0 Å². The molecule has 1 amide bonds. The number of carbonyl (C=O) groups is 1. The minimum absolute atomic E-state index is 0.199. The highest BCUT2D eigenvalue weighted by atomic mass is 16.6.